The van der Waals surface area contributed by atoms with E-state index < -0.39 is 5.97 Å². The minimum atomic E-state index is -0.892. The molecule has 1 amide bonds. The van der Waals surface area contributed by atoms with Gasteiger partial charge in [0, 0.05) is 11.4 Å². The van der Waals surface area contributed by atoms with Gasteiger partial charge in [-0.15, -0.1) is 23.1 Å². The molecule has 0 spiro atoms. The molecule has 0 bridgehead atoms. The maximum Gasteiger partial charge on any atom is 0.313 e. The second-order valence-corrected chi connectivity index (χ2v) is 5.08. The maximum absolute atomic E-state index is 11.2. The average molecular weight is 259 g/mol. The van der Waals surface area contributed by atoms with Gasteiger partial charge in [-0.1, -0.05) is 6.07 Å². The van der Waals surface area contributed by atoms with E-state index in [9.17, 15) is 9.59 Å². The molecule has 0 aromatic carbocycles. The Balaban J connectivity index is 2.04. The van der Waals surface area contributed by atoms with Crippen LogP contribution in [0.25, 0.3) is 0 Å². The number of rotatable bonds is 7. The predicted octanol–water partition coefficient (Wildman–Crippen LogP) is 1.22. The molecule has 0 saturated carbocycles. The number of thioether (sulfide) groups is 1. The Hall–Kier alpha value is -1.01. The highest BCUT2D eigenvalue weighted by atomic mass is 32.2. The lowest BCUT2D eigenvalue weighted by Gasteiger charge is -2.02. The van der Waals surface area contributed by atoms with Gasteiger partial charge in [0.1, 0.15) is 0 Å². The molecule has 0 aliphatic heterocycles. The summed E-state index contributed by atoms with van der Waals surface area (Å²) in [5, 5.41) is 13.1. The zero-order chi connectivity index (χ0) is 11.8. The normalized spacial score (nSPS) is 10.0. The molecule has 16 heavy (non-hydrogen) atoms. The fraction of sp³-hybridized carbons (Fsp3) is 0.400. The van der Waals surface area contributed by atoms with E-state index in [4.69, 9.17) is 5.11 Å². The van der Waals surface area contributed by atoms with Crippen molar-refractivity contribution < 1.29 is 14.7 Å². The first-order valence-electron chi connectivity index (χ1n) is 4.77. The summed E-state index contributed by atoms with van der Waals surface area (Å²) in [4.78, 5) is 22.7. The highest BCUT2D eigenvalue weighted by Gasteiger charge is 2.03. The largest absolute Gasteiger partial charge is 0.481 e. The Morgan fingerprint density at radius 3 is 2.88 bits per heavy atom. The third kappa shape index (κ3) is 5.77. The summed E-state index contributed by atoms with van der Waals surface area (Å²) in [6, 6.07) is 4.00. The molecular formula is C10H13NO3S2. The zero-order valence-electron chi connectivity index (χ0n) is 8.64. The molecule has 0 aliphatic rings. The van der Waals surface area contributed by atoms with Gasteiger partial charge in [0.05, 0.1) is 11.5 Å². The predicted molar refractivity (Wildman–Crippen MR) is 66.0 cm³/mol. The summed E-state index contributed by atoms with van der Waals surface area (Å²) in [5.74, 6) is -0.825. The average Bonchev–Trinajstić information content (AvgIpc) is 2.70. The number of carbonyl (C=O) groups is 2. The minimum absolute atomic E-state index is 0.0294. The molecule has 1 rings (SSSR count). The number of thiophene rings is 1. The molecule has 4 nitrogen and oxygen atoms in total. The van der Waals surface area contributed by atoms with Crippen LogP contribution in [0.5, 0.6) is 0 Å². The highest BCUT2D eigenvalue weighted by molar-refractivity contribution is 8.00. The van der Waals surface area contributed by atoms with Gasteiger partial charge in [0.15, 0.2) is 0 Å². The Morgan fingerprint density at radius 1 is 1.44 bits per heavy atom. The van der Waals surface area contributed by atoms with Crippen LogP contribution in [-0.2, 0) is 16.0 Å². The quantitative estimate of drug-likeness (QED) is 0.773. The van der Waals surface area contributed by atoms with E-state index in [1.165, 1.54) is 4.88 Å². The summed E-state index contributed by atoms with van der Waals surface area (Å²) >= 11 is 2.77. The van der Waals surface area contributed by atoms with Crippen molar-refractivity contribution in [2.45, 2.75) is 6.42 Å². The molecule has 0 aliphatic carbocycles. The van der Waals surface area contributed by atoms with Crippen LogP contribution in [0, 0.1) is 0 Å². The Labute approximate surface area is 102 Å². The Kier molecular flexibility index (Phi) is 5.95. The lowest BCUT2D eigenvalue weighted by Crippen LogP contribution is -2.27. The molecule has 6 heteroatoms. The summed E-state index contributed by atoms with van der Waals surface area (Å²) < 4.78 is 0. The molecule has 0 saturated heterocycles. The summed E-state index contributed by atoms with van der Waals surface area (Å²) in [6.07, 6.45) is 0.826. The number of carboxylic acid groups (broad SMARTS) is 1. The van der Waals surface area contributed by atoms with Crippen LogP contribution in [0.3, 0.4) is 0 Å². The molecule has 0 radical (unpaired) electrons. The zero-order valence-corrected chi connectivity index (χ0v) is 10.3. The van der Waals surface area contributed by atoms with E-state index in [2.05, 4.69) is 5.32 Å². The van der Waals surface area contributed by atoms with E-state index in [-0.39, 0.29) is 17.4 Å². The first-order valence-corrected chi connectivity index (χ1v) is 6.80. The van der Waals surface area contributed by atoms with E-state index in [0.29, 0.717) is 6.54 Å². The molecular weight excluding hydrogens is 246 g/mol. The summed E-state index contributed by atoms with van der Waals surface area (Å²) in [7, 11) is 0. The molecule has 0 fully saturated rings. The van der Waals surface area contributed by atoms with Crippen molar-refractivity contribution in [3.05, 3.63) is 22.4 Å². The second-order valence-electron chi connectivity index (χ2n) is 3.07. The van der Waals surface area contributed by atoms with Crippen molar-refractivity contribution in [3.63, 3.8) is 0 Å². The lowest BCUT2D eigenvalue weighted by molar-refractivity contribution is -0.133. The third-order valence-electron chi connectivity index (χ3n) is 1.73. The minimum Gasteiger partial charge on any atom is -0.481 e. The van der Waals surface area contributed by atoms with Crippen LogP contribution < -0.4 is 5.32 Å². The van der Waals surface area contributed by atoms with Gasteiger partial charge in [-0.3, -0.25) is 9.59 Å². The molecule has 0 unspecified atom stereocenters. The van der Waals surface area contributed by atoms with Crippen molar-refractivity contribution in [1.82, 2.24) is 5.32 Å². The molecule has 1 aromatic rings. The molecule has 0 atom stereocenters. The van der Waals surface area contributed by atoms with E-state index in [0.717, 1.165) is 18.2 Å². The van der Waals surface area contributed by atoms with Crippen molar-refractivity contribution >= 4 is 35.0 Å². The number of carbonyl (C=O) groups excluding carboxylic acids is 1. The third-order valence-corrected chi connectivity index (χ3v) is 3.59. The van der Waals surface area contributed by atoms with Gasteiger partial charge in [-0.25, -0.2) is 0 Å². The van der Waals surface area contributed by atoms with Crippen LogP contribution in [0.1, 0.15) is 4.88 Å². The van der Waals surface area contributed by atoms with Crippen LogP contribution in [0.2, 0.25) is 0 Å². The Morgan fingerprint density at radius 2 is 2.25 bits per heavy atom. The summed E-state index contributed by atoms with van der Waals surface area (Å²) in [5.41, 5.74) is 0. The highest BCUT2D eigenvalue weighted by Crippen LogP contribution is 2.08. The molecule has 88 valence electrons. The fourth-order valence-electron chi connectivity index (χ4n) is 1.06. The van der Waals surface area contributed by atoms with Crippen molar-refractivity contribution in [1.29, 1.82) is 0 Å². The number of aliphatic carboxylic acids is 1. The standard InChI is InChI=1S/C10H13NO3S2/c12-9(6-15-7-10(13)14)11-4-3-8-2-1-5-16-8/h1-2,5H,3-4,6-7H2,(H,11,12)(H,13,14). The van der Waals surface area contributed by atoms with Gasteiger partial charge in [0.2, 0.25) is 5.91 Å². The lowest BCUT2D eigenvalue weighted by atomic mass is 10.3. The SMILES string of the molecule is O=C(O)CSCC(=O)NCCc1cccs1. The van der Waals surface area contributed by atoms with Crippen molar-refractivity contribution in [2.24, 2.45) is 0 Å². The number of nitrogens with one attached hydrogen (secondary N) is 1. The van der Waals surface area contributed by atoms with Gasteiger partial charge in [0.25, 0.3) is 0 Å². The van der Waals surface area contributed by atoms with Gasteiger partial charge in [-0.05, 0) is 17.9 Å². The fourth-order valence-corrected chi connectivity index (χ4v) is 2.34. The van der Waals surface area contributed by atoms with E-state index >= 15 is 0 Å². The second kappa shape index (κ2) is 7.29. The van der Waals surface area contributed by atoms with Crippen LogP contribution in [0.15, 0.2) is 17.5 Å². The summed E-state index contributed by atoms with van der Waals surface area (Å²) in [6.45, 7) is 0.604. The van der Waals surface area contributed by atoms with Gasteiger partial charge >= 0.3 is 5.97 Å². The van der Waals surface area contributed by atoms with Crippen LogP contribution >= 0.6 is 23.1 Å². The van der Waals surface area contributed by atoms with Crippen LogP contribution in [-0.4, -0.2) is 35.0 Å². The first kappa shape index (κ1) is 13.1. The number of amides is 1. The topological polar surface area (TPSA) is 66.4 Å². The van der Waals surface area contributed by atoms with Crippen molar-refractivity contribution in [3.8, 4) is 0 Å². The van der Waals surface area contributed by atoms with E-state index in [1.807, 2.05) is 17.5 Å². The van der Waals surface area contributed by atoms with E-state index in [1.54, 1.807) is 11.3 Å². The number of hydrogen-bond donors (Lipinski definition) is 2. The van der Waals surface area contributed by atoms with Crippen molar-refractivity contribution in [2.75, 3.05) is 18.1 Å². The smallest absolute Gasteiger partial charge is 0.313 e. The maximum atomic E-state index is 11.2. The molecule has 1 aromatic heterocycles. The van der Waals surface area contributed by atoms with Gasteiger partial charge in [-0.2, -0.15) is 0 Å². The number of carboxylic acids is 1. The van der Waals surface area contributed by atoms with Crippen LogP contribution in [0.4, 0.5) is 0 Å². The first-order chi connectivity index (χ1) is 7.68. The number of hydrogen-bond acceptors (Lipinski definition) is 4. The molecule has 2 N–H and O–H groups in total. The monoisotopic (exact) mass is 259 g/mol. The molecule has 1 heterocycles. The van der Waals surface area contributed by atoms with Gasteiger partial charge < -0.3 is 10.4 Å². The Bertz CT molecular complexity index is 338.